The Labute approximate surface area is 108 Å². The van der Waals surface area contributed by atoms with Crippen molar-refractivity contribution in [2.45, 2.75) is 30.8 Å². The summed E-state index contributed by atoms with van der Waals surface area (Å²) in [5.74, 6) is -0.298. The summed E-state index contributed by atoms with van der Waals surface area (Å²) in [5.41, 5.74) is 0.720. The SMILES string of the molecule is Cc1oc(C(=O)O)cc1CS(=O)C1CCOCC1. The highest BCUT2D eigenvalue weighted by Crippen LogP contribution is 2.21. The van der Waals surface area contributed by atoms with Gasteiger partial charge < -0.3 is 14.3 Å². The Bertz CT molecular complexity index is 459. The fraction of sp³-hybridized carbons (Fsp3) is 0.583. The van der Waals surface area contributed by atoms with E-state index >= 15 is 0 Å². The lowest BCUT2D eigenvalue weighted by atomic mass is 10.2. The molecule has 1 aromatic rings. The van der Waals surface area contributed by atoms with Gasteiger partial charge in [0, 0.05) is 34.8 Å². The maximum atomic E-state index is 12.2. The molecule has 1 N–H and O–H groups in total. The van der Waals surface area contributed by atoms with Gasteiger partial charge in [-0.3, -0.25) is 4.21 Å². The third kappa shape index (κ3) is 3.00. The Morgan fingerprint density at radius 3 is 2.72 bits per heavy atom. The molecule has 2 heterocycles. The van der Waals surface area contributed by atoms with Crippen molar-refractivity contribution in [1.82, 2.24) is 0 Å². The number of carboxylic acids is 1. The lowest BCUT2D eigenvalue weighted by Gasteiger charge is -2.21. The van der Waals surface area contributed by atoms with Crippen LogP contribution >= 0.6 is 0 Å². The minimum Gasteiger partial charge on any atom is -0.475 e. The number of carboxylic acid groups (broad SMARTS) is 1. The molecule has 18 heavy (non-hydrogen) atoms. The molecule has 1 atom stereocenters. The first-order chi connectivity index (χ1) is 8.58. The molecule has 1 aliphatic heterocycles. The molecule has 2 rings (SSSR count). The van der Waals surface area contributed by atoms with E-state index in [4.69, 9.17) is 14.3 Å². The third-order valence-electron chi connectivity index (χ3n) is 3.07. The van der Waals surface area contributed by atoms with Crippen LogP contribution in [0.1, 0.15) is 34.7 Å². The average molecular weight is 272 g/mol. The van der Waals surface area contributed by atoms with E-state index in [0.717, 1.165) is 18.4 Å². The summed E-state index contributed by atoms with van der Waals surface area (Å²) < 4.78 is 22.5. The van der Waals surface area contributed by atoms with E-state index in [-0.39, 0.29) is 11.0 Å². The topological polar surface area (TPSA) is 76.7 Å². The van der Waals surface area contributed by atoms with Gasteiger partial charge in [-0.2, -0.15) is 0 Å². The van der Waals surface area contributed by atoms with Crippen LogP contribution in [0.2, 0.25) is 0 Å². The summed E-state index contributed by atoms with van der Waals surface area (Å²) in [6, 6.07) is 1.47. The third-order valence-corrected chi connectivity index (χ3v) is 4.88. The van der Waals surface area contributed by atoms with E-state index in [1.807, 2.05) is 0 Å². The molecule has 0 radical (unpaired) electrons. The Kier molecular flexibility index (Phi) is 4.19. The number of ether oxygens (including phenoxy) is 1. The molecule has 1 aromatic heterocycles. The van der Waals surface area contributed by atoms with Gasteiger partial charge in [0.15, 0.2) is 0 Å². The number of hydrogen-bond donors (Lipinski definition) is 1. The summed E-state index contributed by atoms with van der Waals surface area (Å²) in [6.07, 6.45) is 1.60. The number of rotatable bonds is 4. The minimum atomic E-state index is -1.10. The highest BCUT2D eigenvalue weighted by atomic mass is 32.2. The number of carbonyl (C=O) groups is 1. The zero-order valence-electron chi connectivity index (χ0n) is 10.2. The average Bonchev–Trinajstić information content (AvgIpc) is 2.72. The molecule has 0 saturated carbocycles. The van der Waals surface area contributed by atoms with E-state index in [1.165, 1.54) is 6.07 Å². The summed E-state index contributed by atoms with van der Waals surface area (Å²) in [7, 11) is -1.00. The summed E-state index contributed by atoms with van der Waals surface area (Å²) in [4.78, 5) is 10.8. The van der Waals surface area contributed by atoms with Crippen molar-refractivity contribution in [1.29, 1.82) is 0 Å². The molecule has 6 heteroatoms. The van der Waals surface area contributed by atoms with Crippen molar-refractivity contribution in [2.24, 2.45) is 0 Å². The highest BCUT2D eigenvalue weighted by molar-refractivity contribution is 7.84. The zero-order chi connectivity index (χ0) is 13.1. The Balaban J connectivity index is 2.04. The highest BCUT2D eigenvalue weighted by Gasteiger charge is 2.22. The van der Waals surface area contributed by atoms with Crippen molar-refractivity contribution in [3.8, 4) is 0 Å². The van der Waals surface area contributed by atoms with Crippen LogP contribution in [0.5, 0.6) is 0 Å². The van der Waals surface area contributed by atoms with Crippen molar-refractivity contribution in [3.05, 3.63) is 23.2 Å². The molecule has 1 saturated heterocycles. The van der Waals surface area contributed by atoms with Gasteiger partial charge in [0.1, 0.15) is 5.76 Å². The summed E-state index contributed by atoms with van der Waals surface area (Å²) >= 11 is 0. The first-order valence-corrected chi connectivity index (χ1v) is 7.23. The first kappa shape index (κ1) is 13.3. The fourth-order valence-electron chi connectivity index (χ4n) is 1.98. The van der Waals surface area contributed by atoms with Crippen molar-refractivity contribution in [3.63, 3.8) is 0 Å². The summed E-state index contributed by atoms with van der Waals surface area (Å²) in [6.45, 7) is 3.01. The maximum absolute atomic E-state index is 12.2. The first-order valence-electron chi connectivity index (χ1n) is 5.85. The smallest absolute Gasteiger partial charge is 0.371 e. The molecular formula is C12H16O5S. The lowest BCUT2D eigenvalue weighted by molar-refractivity contribution is 0.0661. The number of aromatic carboxylic acids is 1. The summed E-state index contributed by atoms with van der Waals surface area (Å²) in [5, 5.41) is 8.96. The number of furan rings is 1. The fourth-order valence-corrected chi connectivity index (χ4v) is 3.53. The van der Waals surface area contributed by atoms with Crippen LogP contribution in [-0.2, 0) is 21.3 Å². The Hall–Kier alpha value is -1.14. The van der Waals surface area contributed by atoms with Crippen molar-refractivity contribution in [2.75, 3.05) is 13.2 Å². The molecule has 5 nitrogen and oxygen atoms in total. The normalized spacial score (nSPS) is 18.7. The molecule has 0 aliphatic carbocycles. The van der Waals surface area contributed by atoms with Gasteiger partial charge in [-0.1, -0.05) is 0 Å². The molecule has 0 spiro atoms. The Morgan fingerprint density at radius 2 is 2.17 bits per heavy atom. The van der Waals surface area contributed by atoms with E-state index in [0.29, 0.717) is 24.7 Å². The van der Waals surface area contributed by atoms with Crippen LogP contribution < -0.4 is 0 Å². The van der Waals surface area contributed by atoms with Gasteiger partial charge in [-0.05, 0) is 25.8 Å². The van der Waals surface area contributed by atoms with Gasteiger partial charge >= 0.3 is 5.97 Å². The maximum Gasteiger partial charge on any atom is 0.371 e. The van der Waals surface area contributed by atoms with Crippen LogP contribution in [-0.4, -0.2) is 33.7 Å². The molecule has 0 bridgehead atoms. The lowest BCUT2D eigenvalue weighted by Crippen LogP contribution is -2.25. The monoisotopic (exact) mass is 272 g/mol. The minimum absolute atomic E-state index is 0.0912. The van der Waals surface area contributed by atoms with Crippen LogP contribution in [0, 0.1) is 6.92 Å². The largest absolute Gasteiger partial charge is 0.475 e. The molecule has 0 aromatic carbocycles. The van der Waals surface area contributed by atoms with Gasteiger partial charge in [-0.15, -0.1) is 0 Å². The van der Waals surface area contributed by atoms with Crippen LogP contribution in [0.3, 0.4) is 0 Å². The van der Waals surface area contributed by atoms with Crippen LogP contribution in [0.25, 0.3) is 0 Å². The Morgan fingerprint density at radius 1 is 1.50 bits per heavy atom. The quantitative estimate of drug-likeness (QED) is 0.903. The zero-order valence-corrected chi connectivity index (χ0v) is 11.0. The second-order valence-corrected chi connectivity index (χ2v) is 6.05. The van der Waals surface area contributed by atoms with E-state index in [2.05, 4.69) is 0 Å². The molecular weight excluding hydrogens is 256 g/mol. The second-order valence-electron chi connectivity index (χ2n) is 4.33. The van der Waals surface area contributed by atoms with Gasteiger partial charge in [0.2, 0.25) is 5.76 Å². The predicted molar refractivity (Wildman–Crippen MR) is 66.1 cm³/mol. The van der Waals surface area contributed by atoms with Gasteiger partial charge in [0.05, 0.1) is 5.75 Å². The molecule has 0 amide bonds. The second kappa shape index (κ2) is 5.67. The molecule has 1 aliphatic rings. The van der Waals surface area contributed by atoms with Crippen molar-refractivity contribution < 1.29 is 23.3 Å². The van der Waals surface area contributed by atoms with Crippen molar-refractivity contribution >= 4 is 16.8 Å². The molecule has 1 unspecified atom stereocenters. The molecule has 1 fully saturated rings. The number of hydrogen-bond acceptors (Lipinski definition) is 4. The number of aryl methyl sites for hydroxylation is 1. The van der Waals surface area contributed by atoms with Gasteiger partial charge in [-0.25, -0.2) is 4.79 Å². The van der Waals surface area contributed by atoms with E-state index in [9.17, 15) is 9.00 Å². The van der Waals surface area contributed by atoms with Gasteiger partial charge in [0.25, 0.3) is 0 Å². The molecule has 100 valence electrons. The van der Waals surface area contributed by atoms with Crippen LogP contribution in [0.15, 0.2) is 10.5 Å². The van der Waals surface area contributed by atoms with E-state index < -0.39 is 16.8 Å². The van der Waals surface area contributed by atoms with Crippen LogP contribution in [0.4, 0.5) is 0 Å². The predicted octanol–water partition coefficient (Wildman–Crippen LogP) is 1.71. The van der Waals surface area contributed by atoms with E-state index in [1.54, 1.807) is 6.92 Å². The standard InChI is InChI=1S/C12H16O5S/c1-8-9(6-11(17-8)12(13)14)7-18(15)10-2-4-16-5-3-10/h6,10H,2-5,7H2,1H3,(H,13,14).